The molecule has 37 heavy (non-hydrogen) atoms. The molecule has 0 aliphatic carbocycles. The third kappa shape index (κ3) is 6.07. The standard InChI is InChI=1S/C28H23F2N3O4/c1-37-24-16-31-15-14-23(24)17-6-12-22(13-7-17)32-27(34)26(33-28(35)36)25(18-2-8-20(29)9-3-18)19-4-10-21(30)11-5-19/h2-16,25-26,33H,1H3,(H,32,34)(H,35,36). The molecule has 0 aliphatic rings. The van der Waals surface area contributed by atoms with Crippen LogP contribution in [0, 0.1) is 11.6 Å². The van der Waals surface area contributed by atoms with Crippen molar-refractivity contribution in [2.24, 2.45) is 0 Å². The molecule has 4 rings (SSSR count). The summed E-state index contributed by atoms with van der Waals surface area (Å²) in [6.45, 7) is 0. The Morgan fingerprint density at radius 3 is 1.95 bits per heavy atom. The number of carbonyl (C=O) groups excluding carboxylic acids is 1. The summed E-state index contributed by atoms with van der Waals surface area (Å²) in [6, 6.07) is 18.1. The van der Waals surface area contributed by atoms with Gasteiger partial charge in [-0.25, -0.2) is 13.6 Å². The van der Waals surface area contributed by atoms with Crippen LogP contribution in [0.1, 0.15) is 17.0 Å². The third-order valence-corrected chi connectivity index (χ3v) is 5.82. The minimum Gasteiger partial charge on any atom is -0.494 e. The van der Waals surface area contributed by atoms with E-state index in [0.717, 1.165) is 11.1 Å². The maximum Gasteiger partial charge on any atom is 0.405 e. The number of hydrogen-bond donors (Lipinski definition) is 3. The zero-order valence-corrected chi connectivity index (χ0v) is 19.7. The highest BCUT2D eigenvalue weighted by atomic mass is 19.1. The maximum absolute atomic E-state index is 13.6. The number of rotatable bonds is 8. The van der Waals surface area contributed by atoms with Crippen LogP contribution in [0.3, 0.4) is 0 Å². The first-order valence-electron chi connectivity index (χ1n) is 11.3. The van der Waals surface area contributed by atoms with E-state index in [1.54, 1.807) is 49.8 Å². The van der Waals surface area contributed by atoms with Gasteiger partial charge in [0.15, 0.2) is 0 Å². The molecule has 0 fully saturated rings. The fourth-order valence-corrected chi connectivity index (χ4v) is 4.09. The maximum atomic E-state index is 13.6. The molecule has 9 heteroatoms. The second kappa shape index (κ2) is 11.3. The monoisotopic (exact) mass is 503 g/mol. The summed E-state index contributed by atoms with van der Waals surface area (Å²) in [6.07, 6.45) is 1.81. The Balaban J connectivity index is 1.65. The molecule has 2 amide bonds. The molecular weight excluding hydrogens is 480 g/mol. The Kier molecular flexibility index (Phi) is 7.73. The molecule has 0 saturated heterocycles. The summed E-state index contributed by atoms with van der Waals surface area (Å²) in [7, 11) is 1.54. The van der Waals surface area contributed by atoms with Gasteiger partial charge in [0.25, 0.3) is 0 Å². The number of amides is 2. The van der Waals surface area contributed by atoms with Crippen molar-refractivity contribution in [1.29, 1.82) is 0 Å². The highest BCUT2D eigenvalue weighted by Crippen LogP contribution is 2.31. The minimum absolute atomic E-state index is 0.427. The molecule has 188 valence electrons. The van der Waals surface area contributed by atoms with Gasteiger partial charge in [0.05, 0.1) is 13.3 Å². The van der Waals surface area contributed by atoms with Crippen LogP contribution in [0.4, 0.5) is 19.3 Å². The van der Waals surface area contributed by atoms with Gasteiger partial charge in [0, 0.05) is 23.4 Å². The summed E-state index contributed by atoms with van der Waals surface area (Å²) >= 11 is 0. The summed E-state index contributed by atoms with van der Waals surface area (Å²) in [5.74, 6) is -1.89. The first-order chi connectivity index (χ1) is 17.9. The Morgan fingerprint density at radius 1 is 0.865 bits per heavy atom. The van der Waals surface area contributed by atoms with Crippen LogP contribution < -0.4 is 15.4 Å². The molecule has 1 heterocycles. The first-order valence-corrected chi connectivity index (χ1v) is 11.3. The second-order valence-corrected chi connectivity index (χ2v) is 8.15. The van der Waals surface area contributed by atoms with E-state index >= 15 is 0 Å². The zero-order chi connectivity index (χ0) is 26.4. The number of carboxylic acid groups (broad SMARTS) is 1. The molecule has 3 N–H and O–H groups in total. The number of halogens is 2. The van der Waals surface area contributed by atoms with E-state index in [4.69, 9.17) is 4.74 Å². The van der Waals surface area contributed by atoms with Gasteiger partial charge in [-0.05, 0) is 59.2 Å². The molecule has 0 saturated carbocycles. The summed E-state index contributed by atoms with van der Waals surface area (Å²) < 4.78 is 32.6. The third-order valence-electron chi connectivity index (χ3n) is 5.82. The van der Waals surface area contributed by atoms with Crippen LogP contribution in [0.25, 0.3) is 11.1 Å². The van der Waals surface area contributed by atoms with E-state index < -0.39 is 35.6 Å². The molecule has 4 aromatic rings. The van der Waals surface area contributed by atoms with Crippen LogP contribution in [0.5, 0.6) is 5.75 Å². The number of nitrogens with zero attached hydrogens (tertiary/aromatic N) is 1. The first kappa shape index (κ1) is 25.3. The number of methoxy groups -OCH3 is 1. The van der Waals surface area contributed by atoms with E-state index in [-0.39, 0.29) is 0 Å². The highest BCUT2D eigenvalue weighted by molar-refractivity contribution is 5.97. The van der Waals surface area contributed by atoms with Crippen molar-refractivity contribution >= 4 is 17.7 Å². The predicted octanol–water partition coefficient (Wildman–Crippen LogP) is 5.44. The van der Waals surface area contributed by atoms with Crippen molar-refractivity contribution in [3.8, 4) is 16.9 Å². The Morgan fingerprint density at radius 2 is 1.43 bits per heavy atom. The van der Waals surface area contributed by atoms with Gasteiger partial charge in [-0.3, -0.25) is 9.78 Å². The molecule has 0 radical (unpaired) electrons. The molecule has 3 aromatic carbocycles. The van der Waals surface area contributed by atoms with E-state index in [1.165, 1.54) is 48.5 Å². The van der Waals surface area contributed by atoms with Gasteiger partial charge in [0.2, 0.25) is 5.91 Å². The molecular formula is C28H23F2N3O4. The Hall–Kier alpha value is -4.79. The molecule has 0 spiro atoms. The molecule has 7 nitrogen and oxygen atoms in total. The molecule has 1 atom stereocenters. The quantitative estimate of drug-likeness (QED) is 0.297. The Bertz CT molecular complexity index is 1330. The number of pyridine rings is 1. The lowest BCUT2D eigenvalue weighted by molar-refractivity contribution is -0.118. The van der Waals surface area contributed by atoms with E-state index in [0.29, 0.717) is 22.6 Å². The fourth-order valence-electron chi connectivity index (χ4n) is 4.09. The lowest BCUT2D eigenvalue weighted by Gasteiger charge is -2.27. The van der Waals surface area contributed by atoms with Gasteiger partial charge in [-0.2, -0.15) is 0 Å². The van der Waals surface area contributed by atoms with Crippen molar-refractivity contribution in [3.05, 3.63) is 114 Å². The number of benzene rings is 3. The number of aromatic nitrogens is 1. The van der Waals surface area contributed by atoms with Crippen molar-refractivity contribution in [2.45, 2.75) is 12.0 Å². The summed E-state index contributed by atoms with van der Waals surface area (Å²) in [4.78, 5) is 29.1. The zero-order valence-electron chi connectivity index (χ0n) is 19.7. The Labute approximate surface area is 211 Å². The fraction of sp³-hybridized carbons (Fsp3) is 0.107. The number of anilines is 1. The average Bonchev–Trinajstić information content (AvgIpc) is 2.90. The molecule has 0 bridgehead atoms. The van der Waals surface area contributed by atoms with Crippen LogP contribution in [0.15, 0.2) is 91.3 Å². The van der Waals surface area contributed by atoms with Crippen LogP contribution in [0.2, 0.25) is 0 Å². The van der Waals surface area contributed by atoms with Crippen LogP contribution in [-0.4, -0.2) is 35.2 Å². The van der Waals surface area contributed by atoms with Gasteiger partial charge in [0.1, 0.15) is 23.4 Å². The second-order valence-electron chi connectivity index (χ2n) is 8.15. The van der Waals surface area contributed by atoms with Crippen molar-refractivity contribution < 1.29 is 28.2 Å². The van der Waals surface area contributed by atoms with E-state index in [1.807, 2.05) is 0 Å². The SMILES string of the molecule is COc1cnccc1-c1ccc(NC(=O)C(NC(=O)O)C(c2ccc(F)cc2)c2ccc(F)cc2)cc1. The number of hydrogen-bond acceptors (Lipinski definition) is 4. The van der Waals surface area contributed by atoms with Crippen molar-refractivity contribution in [1.82, 2.24) is 10.3 Å². The van der Waals surface area contributed by atoms with Crippen LogP contribution in [-0.2, 0) is 4.79 Å². The number of carbonyl (C=O) groups is 2. The van der Waals surface area contributed by atoms with E-state index in [9.17, 15) is 23.5 Å². The lowest BCUT2D eigenvalue weighted by Crippen LogP contribution is -2.47. The van der Waals surface area contributed by atoms with Crippen molar-refractivity contribution in [3.63, 3.8) is 0 Å². The predicted molar refractivity (Wildman–Crippen MR) is 134 cm³/mol. The number of nitrogens with one attached hydrogen (secondary N) is 2. The normalized spacial score (nSPS) is 11.6. The van der Waals surface area contributed by atoms with Gasteiger partial charge in [-0.15, -0.1) is 0 Å². The molecule has 1 aromatic heterocycles. The van der Waals surface area contributed by atoms with Crippen molar-refractivity contribution in [2.75, 3.05) is 12.4 Å². The molecule has 1 unspecified atom stereocenters. The molecule has 0 aliphatic heterocycles. The van der Waals surface area contributed by atoms with Gasteiger partial charge < -0.3 is 20.5 Å². The van der Waals surface area contributed by atoms with Gasteiger partial charge >= 0.3 is 6.09 Å². The minimum atomic E-state index is -1.42. The summed E-state index contributed by atoms with van der Waals surface area (Å²) in [5.41, 5.74) is 3.02. The summed E-state index contributed by atoms with van der Waals surface area (Å²) in [5, 5.41) is 14.5. The lowest BCUT2D eigenvalue weighted by atomic mass is 9.84. The highest BCUT2D eigenvalue weighted by Gasteiger charge is 2.33. The van der Waals surface area contributed by atoms with E-state index in [2.05, 4.69) is 15.6 Å². The average molecular weight is 504 g/mol. The largest absolute Gasteiger partial charge is 0.494 e. The van der Waals surface area contributed by atoms with Crippen LogP contribution >= 0.6 is 0 Å². The van der Waals surface area contributed by atoms with Gasteiger partial charge in [-0.1, -0.05) is 36.4 Å². The topological polar surface area (TPSA) is 101 Å². The smallest absolute Gasteiger partial charge is 0.405 e. The number of ether oxygens (including phenoxy) is 1.